The Morgan fingerprint density at radius 2 is 1.56 bits per heavy atom. The number of nitrogens with one attached hydrogen (secondary N) is 1. The molecule has 0 bridgehead atoms. The lowest BCUT2D eigenvalue weighted by molar-refractivity contribution is 0.0940. The summed E-state index contributed by atoms with van der Waals surface area (Å²) in [4.78, 5) is 12.7. The predicted octanol–water partition coefficient (Wildman–Crippen LogP) is 5.12. The largest absolute Gasteiger partial charge is 0.345 e. The van der Waals surface area contributed by atoms with Gasteiger partial charge in [-0.25, -0.2) is 8.78 Å². The summed E-state index contributed by atoms with van der Waals surface area (Å²) >= 11 is 0. The van der Waals surface area contributed by atoms with Crippen LogP contribution < -0.4 is 5.32 Å². The highest BCUT2D eigenvalue weighted by atomic mass is 19.2. The quantitative estimate of drug-likeness (QED) is 0.703. The van der Waals surface area contributed by atoms with Gasteiger partial charge in [0.2, 0.25) is 0 Å². The van der Waals surface area contributed by atoms with Gasteiger partial charge in [0, 0.05) is 5.56 Å². The van der Waals surface area contributed by atoms with Crippen LogP contribution in [0.1, 0.15) is 28.9 Å². The van der Waals surface area contributed by atoms with Crippen molar-refractivity contribution in [2.45, 2.75) is 13.0 Å². The lowest BCUT2D eigenvalue weighted by Crippen LogP contribution is -2.27. The highest BCUT2D eigenvalue weighted by molar-refractivity contribution is 6.01. The van der Waals surface area contributed by atoms with Crippen molar-refractivity contribution < 1.29 is 13.6 Å². The third kappa shape index (κ3) is 3.74. The zero-order valence-corrected chi connectivity index (χ0v) is 13.7. The molecular formula is C21H17F2NO. The number of hydrogen-bond acceptors (Lipinski definition) is 1. The zero-order valence-electron chi connectivity index (χ0n) is 13.7. The molecule has 0 saturated carbocycles. The first-order chi connectivity index (χ1) is 12.1. The lowest BCUT2D eigenvalue weighted by atomic mass is 9.98. The SMILES string of the molecule is C[C@H](NC(=O)c1ccccc1-c1ccccc1)c1ccc(F)c(F)c1. The highest BCUT2D eigenvalue weighted by Crippen LogP contribution is 2.24. The normalized spacial score (nSPS) is 11.8. The van der Waals surface area contributed by atoms with Crippen molar-refractivity contribution in [2.75, 3.05) is 0 Å². The van der Waals surface area contributed by atoms with E-state index >= 15 is 0 Å². The number of carbonyl (C=O) groups excluding carboxylic acids is 1. The highest BCUT2D eigenvalue weighted by Gasteiger charge is 2.16. The molecule has 0 spiro atoms. The summed E-state index contributed by atoms with van der Waals surface area (Å²) in [6.07, 6.45) is 0. The molecule has 0 radical (unpaired) electrons. The number of rotatable bonds is 4. The molecule has 0 aliphatic carbocycles. The Hall–Kier alpha value is -3.01. The topological polar surface area (TPSA) is 29.1 Å². The number of halogens is 2. The number of amides is 1. The predicted molar refractivity (Wildman–Crippen MR) is 94.1 cm³/mol. The van der Waals surface area contributed by atoms with Crippen molar-refractivity contribution in [1.82, 2.24) is 5.32 Å². The summed E-state index contributed by atoms with van der Waals surface area (Å²) in [5.74, 6) is -2.10. The van der Waals surface area contributed by atoms with Crippen molar-refractivity contribution in [3.63, 3.8) is 0 Å². The molecule has 0 aromatic heterocycles. The van der Waals surface area contributed by atoms with Crippen molar-refractivity contribution >= 4 is 5.91 Å². The van der Waals surface area contributed by atoms with E-state index in [9.17, 15) is 13.6 Å². The fourth-order valence-corrected chi connectivity index (χ4v) is 2.69. The van der Waals surface area contributed by atoms with Crippen LogP contribution in [0, 0.1) is 11.6 Å². The molecule has 3 aromatic rings. The van der Waals surface area contributed by atoms with Crippen LogP contribution in [0.15, 0.2) is 72.8 Å². The van der Waals surface area contributed by atoms with Gasteiger partial charge in [-0.2, -0.15) is 0 Å². The van der Waals surface area contributed by atoms with Crippen LogP contribution in [0.4, 0.5) is 8.78 Å². The summed E-state index contributed by atoms with van der Waals surface area (Å²) in [6.45, 7) is 1.73. The van der Waals surface area contributed by atoms with Crippen LogP contribution in [-0.4, -0.2) is 5.91 Å². The first-order valence-electron chi connectivity index (χ1n) is 7.96. The molecule has 3 rings (SSSR count). The maximum Gasteiger partial charge on any atom is 0.252 e. The van der Waals surface area contributed by atoms with Gasteiger partial charge in [0.15, 0.2) is 11.6 Å². The Morgan fingerprint density at radius 1 is 0.880 bits per heavy atom. The lowest BCUT2D eigenvalue weighted by Gasteiger charge is -2.16. The number of hydrogen-bond donors (Lipinski definition) is 1. The van der Waals surface area contributed by atoms with E-state index in [-0.39, 0.29) is 5.91 Å². The van der Waals surface area contributed by atoms with Crippen LogP contribution in [0.3, 0.4) is 0 Å². The summed E-state index contributed by atoms with van der Waals surface area (Å²) in [6, 6.07) is 20.1. The molecule has 126 valence electrons. The smallest absolute Gasteiger partial charge is 0.252 e. The zero-order chi connectivity index (χ0) is 17.8. The van der Waals surface area contributed by atoms with E-state index in [1.807, 2.05) is 42.5 Å². The molecule has 25 heavy (non-hydrogen) atoms. The molecule has 0 aliphatic heterocycles. The van der Waals surface area contributed by atoms with Crippen LogP contribution in [0.5, 0.6) is 0 Å². The standard InChI is InChI=1S/C21H17F2NO/c1-14(16-11-12-19(22)20(23)13-16)24-21(25)18-10-6-5-9-17(18)15-7-3-2-4-8-15/h2-14H,1H3,(H,24,25)/t14-/m0/s1. The molecular weight excluding hydrogens is 320 g/mol. The van der Waals surface area contributed by atoms with Gasteiger partial charge in [-0.15, -0.1) is 0 Å². The van der Waals surface area contributed by atoms with Gasteiger partial charge >= 0.3 is 0 Å². The van der Waals surface area contributed by atoms with Crippen molar-refractivity contribution in [2.24, 2.45) is 0 Å². The van der Waals surface area contributed by atoms with Crippen LogP contribution >= 0.6 is 0 Å². The van der Waals surface area contributed by atoms with Crippen LogP contribution in [0.2, 0.25) is 0 Å². The molecule has 1 amide bonds. The number of benzene rings is 3. The van der Waals surface area contributed by atoms with Crippen molar-refractivity contribution in [3.8, 4) is 11.1 Å². The van der Waals surface area contributed by atoms with E-state index in [4.69, 9.17) is 0 Å². The first-order valence-corrected chi connectivity index (χ1v) is 7.96. The van der Waals surface area contributed by atoms with E-state index in [1.54, 1.807) is 19.1 Å². The van der Waals surface area contributed by atoms with Crippen molar-refractivity contribution in [3.05, 3.63) is 95.6 Å². The minimum atomic E-state index is -0.928. The van der Waals surface area contributed by atoms with Gasteiger partial charge in [0.1, 0.15) is 0 Å². The maximum absolute atomic E-state index is 13.4. The summed E-state index contributed by atoms with van der Waals surface area (Å²) in [5, 5.41) is 2.84. The summed E-state index contributed by atoms with van der Waals surface area (Å²) < 4.78 is 26.5. The average Bonchev–Trinajstić information content (AvgIpc) is 2.64. The van der Waals surface area contributed by atoms with E-state index in [0.29, 0.717) is 11.1 Å². The van der Waals surface area contributed by atoms with Gasteiger partial charge < -0.3 is 5.32 Å². The second kappa shape index (κ2) is 7.26. The molecule has 0 fully saturated rings. The molecule has 3 aromatic carbocycles. The van der Waals surface area contributed by atoms with E-state index < -0.39 is 17.7 Å². The summed E-state index contributed by atoms with van der Waals surface area (Å²) in [7, 11) is 0. The Bertz CT molecular complexity index is 893. The van der Waals surface area contributed by atoms with E-state index in [2.05, 4.69) is 5.32 Å². The van der Waals surface area contributed by atoms with Crippen molar-refractivity contribution in [1.29, 1.82) is 0 Å². The first kappa shape index (κ1) is 16.8. The molecule has 0 aliphatic rings. The molecule has 1 atom stereocenters. The number of carbonyl (C=O) groups is 1. The third-order valence-corrected chi connectivity index (χ3v) is 4.05. The Morgan fingerprint density at radius 3 is 2.28 bits per heavy atom. The summed E-state index contributed by atoms with van der Waals surface area (Å²) in [5.41, 5.74) is 2.79. The van der Waals surface area contributed by atoms with E-state index in [0.717, 1.165) is 23.3 Å². The molecule has 0 unspecified atom stereocenters. The van der Waals surface area contributed by atoms with Gasteiger partial charge in [0.05, 0.1) is 6.04 Å². The molecule has 2 nitrogen and oxygen atoms in total. The molecule has 1 N–H and O–H groups in total. The van der Waals surface area contributed by atoms with Gasteiger partial charge in [-0.3, -0.25) is 4.79 Å². The minimum absolute atomic E-state index is 0.267. The fourth-order valence-electron chi connectivity index (χ4n) is 2.69. The fraction of sp³-hybridized carbons (Fsp3) is 0.0952. The van der Waals surface area contributed by atoms with Gasteiger partial charge in [0.25, 0.3) is 5.91 Å². The van der Waals surface area contributed by atoms with Gasteiger partial charge in [-0.1, -0.05) is 54.6 Å². The second-order valence-electron chi connectivity index (χ2n) is 5.78. The molecule has 0 heterocycles. The maximum atomic E-state index is 13.4. The molecule has 0 saturated heterocycles. The third-order valence-electron chi connectivity index (χ3n) is 4.05. The van der Waals surface area contributed by atoms with E-state index in [1.165, 1.54) is 6.07 Å². The Kier molecular flexibility index (Phi) is 4.89. The molecule has 4 heteroatoms. The van der Waals surface area contributed by atoms with Crippen LogP contribution in [0.25, 0.3) is 11.1 Å². The Labute approximate surface area is 145 Å². The van der Waals surface area contributed by atoms with Gasteiger partial charge in [-0.05, 0) is 41.8 Å². The monoisotopic (exact) mass is 337 g/mol. The minimum Gasteiger partial charge on any atom is -0.345 e. The Balaban J connectivity index is 1.85. The second-order valence-corrected chi connectivity index (χ2v) is 5.78. The average molecular weight is 337 g/mol. The van der Waals surface area contributed by atoms with Crippen LogP contribution in [-0.2, 0) is 0 Å².